The number of urea groups is 2. The van der Waals surface area contributed by atoms with Gasteiger partial charge in [-0.15, -0.1) is 0 Å². The van der Waals surface area contributed by atoms with Crippen molar-refractivity contribution in [3.63, 3.8) is 0 Å². The van der Waals surface area contributed by atoms with E-state index in [1.807, 2.05) is 49.4 Å². The molecule has 47 heavy (non-hydrogen) atoms. The molecule has 1 heterocycles. The Balaban J connectivity index is 1.35. The molecule has 0 unspecified atom stereocenters. The molecule has 4 aromatic rings. The zero-order valence-corrected chi connectivity index (χ0v) is 27.0. The Morgan fingerprint density at radius 1 is 1.00 bits per heavy atom. The van der Waals surface area contributed by atoms with Crippen molar-refractivity contribution in [3.8, 4) is 11.5 Å². The maximum atomic E-state index is 13.6. The number of hydrogen-bond donors (Lipinski definition) is 4. The normalized spacial score (nSPS) is 16.9. The number of aliphatic hydroxyl groups excluding tert-OH is 1. The second-order valence-corrected chi connectivity index (χ2v) is 11.9. The van der Waals surface area contributed by atoms with Crippen molar-refractivity contribution in [3.05, 3.63) is 90.5 Å². The summed E-state index contributed by atoms with van der Waals surface area (Å²) >= 11 is 0. The summed E-state index contributed by atoms with van der Waals surface area (Å²) in [6, 6.07) is 24.5. The molecule has 0 aliphatic carbocycles. The van der Waals surface area contributed by atoms with Crippen LogP contribution in [-0.4, -0.2) is 78.9 Å². The average Bonchev–Trinajstić information content (AvgIpc) is 3.11. The third-order valence-corrected chi connectivity index (χ3v) is 8.35. The SMILES string of the molecule is COc1ccc(NC(=O)Nc2ccc3c(c2)CC(=O)N([C@H](C)CO)C[C@H](C)[C@H](CN(C)C(=O)Nc2cccc4ccccc24)O3)cc1. The molecule has 1 aliphatic rings. The highest BCUT2D eigenvalue weighted by Gasteiger charge is 2.32. The summed E-state index contributed by atoms with van der Waals surface area (Å²) in [5, 5.41) is 20.5. The Labute approximate surface area is 274 Å². The van der Waals surface area contributed by atoms with Crippen LogP contribution in [0.1, 0.15) is 19.4 Å². The number of anilines is 3. The van der Waals surface area contributed by atoms with Gasteiger partial charge in [-0.3, -0.25) is 4.79 Å². The van der Waals surface area contributed by atoms with Gasteiger partial charge in [0.05, 0.1) is 38.4 Å². The predicted molar refractivity (Wildman–Crippen MR) is 183 cm³/mol. The molecule has 0 fully saturated rings. The van der Waals surface area contributed by atoms with Crippen LogP contribution in [0.4, 0.5) is 26.7 Å². The minimum atomic E-state index is -0.492. The number of fused-ring (bicyclic) bond motifs is 2. The fourth-order valence-electron chi connectivity index (χ4n) is 5.59. The van der Waals surface area contributed by atoms with E-state index in [0.717, 1.165) is 10.8 Å². The van der Waals surface area contributed by atoms with Gasteiger partial charge in [0.15, 0.2) is 0 Å². The second-order valence-electron chi connectivity index (χ2n) is 11.9. The van der Waals surface area contributed by atoms with Gasteiger partial charge in [-0.2, -0.15) is 0 Å². The van der Waals surface area contributed by atoms with Crippen molar-refractivity contribution in [2.24, 2.45) is 5.92 Å². The summed E-state index contributed by atoms with van der Waals surface area (Å²) in [6.07, 6.45) is -0.486. The largest absolute Gasteiger partial charge is 0.497 e. The molecule has 246 valence electrons. The zero-order valence-electron chi connectivity index (χ0n) is 27.0. The number of rotatable bonds is 8. The third-order valence-electron chi connectivity index (χ3n) is 8.35. The standard InChI is InChI=1S/C36H41N5O6/c1-23-20-41(24(2)22-42)34(43)19-26-18-28(38-35(44)37-27-12-15-29(46-4)16-13-27)14-17-32(26)47-33(23)21-40(3)36(45)39-31-11-7-9-25-8-5-6-10-30(25)31/h5-18,23-24,33,42H,19-22H2,1-4H3,(H,39,45)(H2,37,38,44)/t23-,24+,33-/m0/s1. The van der Waals surface area contributed by atoms with Crippen LogP contribution >= 0.6 is 0 Å². The summed E-state index contributed by atoms with van der Waals surface area (Å²) in [4.78, 5) is 43.0. The van der Waals surface area contributed by atoms with E-state index in [2.05, 4.69) is 16.0 Å². The van der Waals surface area contributed by atoms with Gasteiger partial charge in [0.2, 0.25) is 5.91 Å². The fraction of sp³-hybridized carbons (Fsp3) is 0.306. The smallest absolute Gasteiger partial charge is 0.323 e. The highest BCUT2D eigenvalue weighted by atomic mass is 16.5. The van der Waals surface area contributed by atoms with Crippen LogP contribution in [-0.2, 0) is 11.2 Å². The summed E-state index contributed by atoms with van der Waals surface area (Å²) in [6.45, 7) is 4.13. The Bertz CT molecular complexity index is 1720. The number of nitrogens with zero attached hydrogens (tertiary/aromatic N) is 2. The van der Waals surface area contributed by atoms with Crippen LogP contribution in [0.25, 0.3) is 10.8 Å². The van der Waals surface area contributed by atoms with Crippen molar-refractivity contribution in [2.75, 3.05) is 49.8 Å². The number of nitrogens with one attached hydrogen (secondary N) is 3. The summed E-state index contributed by atoms with van der Waals surface area (Å²) in [7, 11) is 3.28. The second kappa shape index (κ2) is 14.9. The maximum absolute atomic E-state index is 13.6. The zero-order chi connectivity index (χ0) is 33.5. The molecular formula is C36H41N5O6. The van der Waals surface area contributed by atoms with E-state index < -0.39 is 18.2 Å². The van der Waals surface area contributed by atoms with Gasteiger partial charge in [0.1, 0.15) is 17.6 Å². The van der Waals surface area contributed by atoms with Crippen LogP contribution in [0.2, 0.25) is 0 Å². The van der Waals surface area contributed by atoms with Gasteiger partial charge in [-0.05, 0) is 60.8 Å². The first-order valence-corrected chi connectivity index (χ1v) is 15.6. The lowest BCUT2D eigenvalue weighted by atomic mass is 10.0. The number of carbonyl (C=O) groups is 3. The van der Waals surface area contributed by atoms with Gasteiger partial charge >= 0.3 is 12.1 Å². The number of ether oxygens (including phenoxy) is 2. The van der Waals surface area contributed by atoms with E-state index in [1.54, 1.807) is 73.3 Å². The highest BCUT2D eigenvalue weighted by Crippen LogP contribution is 2.30. The molecule has 0 spiro atoms. The molecule has 1 aliphatic heterocycles. The number of aliphatic hydroxyl groups is 1. The van der Waals surface area contributed by atoms with Gasteiger partial charge in [0.25, 0.3) is 0 Å². The number of likely N-dealkylation sites (N-methyl/N-ethyl adjacent to an activating group) is 1. The van der Waals surface area contributed by atoms with Crippen LogP contribution in [0.15, 0.2) is 84.9 Å². The van der Waals surface area contributed by atoms with Crippen molar-refractivity contribution in [1.29, 1.82) is 0 Å². The van der Waals surface area contributed by atoms with Crippen molar-refractivity contribution < 1.29 is 29.0 Å². The molecule has 0 radical (unpaired) electrons. The quantitative estimate of drug-likeness (QED) is 0.193. The van der Waals surface area contributed by atoms with Gasteiger partial charge in [0, 0.05) is 41.8 Å². The van der Waals surface area contributed by atoms with Gasteiger partial charge in [-0.25, -0.2) is 9.59 Å². The van der Waals surface area contributed by atoms with E-state index in [1.165, 1.54) is 0 Å². The molecule has 5 rings (SSSR count). The minimum absolute atomic E-state index is 0.00609. The molecule has 3 atom stereocenters. The van der Waals surface area contributed by atoms with E-state index >= 15 is 0 Å². The summed E-state index contributed by atoms with van der Waals surface area (Å²) in [5.41, 5.74) is 2.35. The predicted octanol–water partition coefficient (Wildman–Crippen LogP) is 5.81. The molecule has 4 N–H and O–H groups in total. The van der Waals surface area contributed by atoms with Gasteiger partial charge in [-0.1, -0.05) is 43.3 Å². The Kier molecular flexibility index (Phi) is 10.5. The van der Waals surface area contributed by atoms with Crippen LogP contribution in [0.3, 0.4) is 0 Å². The first-order valence-electron chi connectivity index (χ1n) is 15.6. The van der Waals surface area contributed by atoms with E-state index in [0.29, 0.717) is 40.7 Å². The molecule has 0 aromatic heterocycles. The molecule has 11 heteroatoms. The Morgan fingerprint density at radius 3 is 2.45 bits per heavy atom. The lowest BCUT2D eigenvalue weighted by Crippen LogP contribution is -2.48. The molecular weight excluding hydrogens is 598 g/mol. The van der Waals surface area contributed by atoms with Crippen LogP contribution in [0.5, 0.6) is 11.5 Å². The first-order chi connectivity index (χ1) is 22.6. The van der Waals surface area contributed by atoms with E-state index in [9.17, 15) is 19.5 Å². The Morgan fingerprint density at radius 2 is 1.70 bits per heavy atom. The summed E-state index contributed by atoms with van der Waals surface area (Å²) < 4.78 is 11.7. The number of benzene rings is 4. The summed E-state index contributed by atoms with van der Waals surface area (Å²) in [5.74, 6) is 0.787. The van der Waals surface area contributed by atoms with Gasteiger partial charge < -0.3 is 40.3 Å². The van der Waals surface area contributed by atoms with Crippen molar-refractivity contribution in [1.82, 2.24) is 9.80 Å². The number of methoxy groups -OCH3 is 1. The molecule has 0 saturated carbocycles. The number of amides is 5. The lowest BCUT2D eigenvalue weighted by molar-refractivity contribution is -0.134. The maximum Gasteiger partial charge on any atom is 0.323 e. The molecule has 5 amide bonds. The van der Waals surface area contributed by atoms with Crippen molar-refractivity contribution >= 4 is 45.8 Å². The Hall–Kier alpha value is -5.29. The number of hydrogen-bond acceptors (Lipinski definition) is 6. The topological polar surface area (TPSA) is 132 Å². The van der Waals surface area contributed by atoms with Crippen molar-refractivity contribution in [2.45, 2.75) is 32.4 Å². The van der Waals surface area contributed by atoms with E-state index in [4.69, 9.17) is 9.47 Å². The lowest BCUT2D eigenvalue weighted by Gasteiger charge is -2.34. The average molecular weight is 640 g/mol. The fourth-order valence-corrected chi connectivity index (χ4v) is 5.59. The van der Waals surface area contributed by atoms with E-state index in [-0.39, 0.29) is 37.4 Å². The van der Waals surface area contributed by atoms with Crippen LogP contribution in [0, 0.1) is 5.92 Å². The highest BCUT2D eigenvalue weighted by molar-refractivity contribution is 6.01. The number of carbonyl (C=O) groups excluding carboxylic acids is 3. The molecule has 0 bridgehead atoms. The molecule has 4 aromatic carbocycles. The van der Waals surface area contributed by atoms with Crippen LogP contribution < -0.4 is 25.4 Å². The molecule has 11 nitrogen and oxygen atoms in total. The molecule has 0 saturated heterocycles. The first kappa shape index (κ1) is 33.1. The third kappa shape index (κ3) is 8.11. The minimum Gasteiger partial charge on any atom is -0.497 e. The monoisotopic (exact) mass is 639 g/mol.